The van der Waals surface area contributed by atoms with E-state index in [0.29, 0.717) is 41.5 Å². The van der Waals surface area contributed by atoms with Gasteiger partial charge in [-0.1, -0.05) is 23.2 Å². The first-order chi connectivity index (χ1) is 13.2. The molecule has 2 aliphatic heterocycles. The molecule has 2 aliphatic rings. The van der Waals surface area contributed by atoms with Gasteiger partial charge in [-0.15, -0.1) is 0 Å². The van der Waals surface area contributed by atoms with Crippen molar-refractivity contribution in [2.75, 3.05) is 46.2 Å². The summed E-state index contributed by atoms with van der Waals surface area (Å²) in [6.07, 6.45) is 4.79. The summed E-state index contributed by atoms with van der Waals surface area (Å²) in [4.78, 5) is 2.47. The Kier molecular flexibility index (Phi) is 7.16. The van der Waals surface area contributed by atoms with Gasteiger partial charge in [0.05, 0.1) is 16.3 Å². The highest BCUT2D eigenvalue weighted by molar-refractivity contribution is 7.88. The summed E-state index contributed by atoms with van der Waals surface area (Å²) in [6, 6.07) is 5.69. The normalized spacial score (nSPS) is 22.3. The van der Waals surface area contributed by atoms with Gasteiger partial charge in [-0.3, -0.25) is 0 Å². The number of nitrogens with zero attached hydrogens (tertiary/aromatic N) is 2. The molecule has 0 unspecified atom stereocenters. The van der Waals surface area contributed by atoms with Crippen LogP contribution in [0.15, 0.2) is 18.2 Å². The number of hydrogen-bond donors (Lipinski definition) is 0. The largest absolute Gasteiger partial charge is 0.491 e. The minimum atomic E-state index is -3.08. The molecule has 0 atom stereocenters. The Morgan fingerprint density at radius 1 is 1.11 bits per heavy atom. The first kappa shape index (κ1) is 22.1. The second-order valence-corrected chi connectivity index (χ2v) is 10.5. The van der Waals surface area contributed by atoms with E-state index < -0.39 is 10.0 Å². The molecule has 3 rings (SSSR count). The summed E-state index contributed by atoms with van der Waals surface area (Å²) in [5, 5.41) is 0.978. The van der Waals surface area contributed by atoms with E-state index in [0.717, 1.165) is 38.8 Å². The third kappa shape index (κ3) is 5.32. The lowest BCUT2D eigenvalue weighted by Gasteiger charge is -2.45. The molecule has 28 heavy (non-hydrogen) atoms. The van der Waals surface area contributed by atoms with Crippen molar-refractivity contribution in [1.29, 1.82) is 0 Å². The van der Waals surface area contributed by atoms with Crippen LogP contribution in [0.4, 0.5) is 0 Å². The van der Waals surface area contributed by atoms with Crippen LogP contribution in [0, 0.1) is 0 Å². The van der Waals surface area contributed by atoms with Gasteiger partial charge < -0.3 is 14.4 Å². The summed E-state index contributed by atoms with van der Waals surface area (Å²) in [6.45, 7) is 3.51. The highest BCUT2D eigenvalue weighted by Crippen LogP contribution is 2.32. The van der Waals surface area contributed by atoms with Crippen molar-refractivity contribution >= 4 is 33.2 Å². The molecule has 0 amide bonds. The van der Waals surface area contributed by atoms with E-state index in [9.17, 15) is 8.42 Å². The van der Waals surface area contributed by atoms with Crippen molar-refractivity contribution in [3.05, 3.63) is 28.2 Å². The number of halogens is 2. The molecule has 1 aromatic carbocycles. The standard InChI is InChI=1S/C19H28Cl2N2O4S/c1-26-19(14-27-16-3-4-17(20)18(21)13-16)7-11-22(12-8-19)15-5-9-23(10-6-15)28(2,24)25/h3-4,13,15H,5-12,14H2,1-2H3. The quantitative estimate of drug-likeness (QED) is 0.665. The smallest absolute Gasteiger partial charge is 0.211 e. The monoisotopic (exact) mass is 450 g/mol. The second kappa shape index (κ2) is 9.06. The Labute approximate surface area is 177 Å². The molecule has 0 saturated carbocycles. The van der Waals surface area contributed by atoms with Gasteiger partial charge in [0.1, 0.15) is 18.0 Å². The molecular weight excluding hydrogens is 423 g/mol. The van der Waals surface area contributed by atoms with Gasteiger partial charge >= 0.3 is 0 Å². The van der Waals surface area contributed by atoms with E-state index in [4.69, 9.17) is 32.7 Å². The zero-order valence-corrected chi connectivity index (χ0v) is 18.7. The topological polar surface area (TPSA) is 59.1 Å². The van der Waals surface area contributed by atoms with Crippen molar-refractivity contribution in [3.63, 3.8) is 0 Å². The van der Waals surface area contributed by atoms with E-state index in [1.807, 2.05) is 6.07 Å². The third-order valence-corrected chi connectivity index (χ3v) is 7.99. The average Bonchev–Trinajstić information content (AvgIpc) is 2.69. The number of methoxy groups -OCH3 is 1. The van der Waals surface area contributed by atoms with Gasteiger partial charge in [0, 0.05) is 45.4 Å². The van der Waals surface area contributed by atoms with E-state index in [-0.39, 0.29) is 5.60 Å². The highest BCUT2D eigenvalue weighted by Gasteiger charge is 2.38. The molecule has 0 N–H and O–H groups in total. The van der Waals surface area contributed by atoms with Gasteiger partial charge in [-0.25, -0.2) is 12.7 Å². The molecule has 158 valence electrons. The molecule has 0 radical (unpaired) electrons. The minimum Gasteiger partial charge on any atom is -0.491 e. The van der Waals surface area contributed by atoms with Crippen LogP contribution in [0.5, 0.6) is 5.75 Å². The Morgan fingerprint density at radius 3 is 2.29 bits per heavy atom. The molecular formula is C19H28Cl2N2O4S. The maximum absolute atomic E-state index is 11.7. The maximum Gasteiger partial charge on any atom is 0.211 e. The molecule has 0 aromatic heterocycles. The highest BCUT2D eigenvalue weighted by atomic mass is 35.5. The lowest BCUT2D eigenvalue weighted by molar-refractivity contribution is -0.0900. The van der Waals surface area contributed by atoms with Crippen LogP contribution < -0.4 is 4.74 Å². The van der Waals surface area contributed by atoms with Crippen molar-refractivity contribution in [1.82, 2.24) is 9.21 Å². The van der Waals surface area contributed by atoms with Crippen LogP contribution in [0.2, 0.25) is 10.0 Å². The van der Waals surface area contributed by atoms with Gasteiger partial charge in [-0.05, 0) is 37.8 Å². The lowest BCUT2D eigenvalue weighted by atomic mass is 9.90. The van der Waals surface area contributed by atoms with Crippen molar-refractivity contribution in [2.45, 2.75) is 37.3 Å². The summed E-state index contributed by atoms with van der Waals surface area (Å²) in [7, 11) is -1.35. The average molecular weight is 451 g/mol. The SMILES string of the molecule is COC1(COc2ccc(Cl)c(Cl)c2)CCN(C2CCN(S(C)(=O)=O)CC2)CC1. The summed E-state index contributed by atoms with van der Waals surface area (Å²) >= 11 is 12.0. The molecule has 0 bridgehead atoms. The van der Waals surface area contributed by atoms with E-state index in [1.165, 1.54) is 6.26 Å². The fourth-order valence-electron chi connectivity index (χ4n) is 4.02. The van der Waals surface area contributed by atoms with E-state index in [1.54, 1.807) is 23.5 Å². The van der Waals surface area contributed by atoms with Gasteiger partial charge in [0.25, 0.3) is 0 Å². The van der Waals surface area contributed by atoms with Crippen LogP contribution in [-0.4, -0.2) is 75.4 Å². The van der Waals surface area contributed by atoms with Crippen molar-refractivity contribution in [2.24, 2.45) is 0 Å². The number of piperidine rings is 2. The van der Waals surface area contributed by atoms with E-state index in [2.05, 4.69) is 4.90 Å². The molecule has 0 spiro atoms. The van der Waals surface area contributed by atoms with Gasteiger partial charge in [0.2, 0.25) is 10.0 Å². The Hall–Kier alpha value is -0.570. The van der Waals surface area contributed by atoms with Crippen LogP contribution in [0.1, 0.15) is 25.7 Å². The minimum absolute atomic E-state index is 0.323. The van der Waals surface area contributed by atoms with Crippen molar-refractivity contribution in [3.8, 4) is 5.75 Å². The van der Waals surface area contributed by atoms with Gasteiger partial charge in [0.15, 0.2) is 0 Å². The first-order valence-electron chi connectivity index (χ1n) is 9.55. The van der Waals surface area contributed by atoms with Crippen LogP contribution in [0.3, 0.4) is 0 Å². The zero-order chi connectivity index (χ0) is 20.4. The Morgan fingerprint density at radius 2 is 1.75 bits per heavy atom. The number of likely N-dealkylation sites (tertiary alicyclic amines) is 1. The van der Waals surface area contributed by atoms with Crippen LogP contribution >= 0.6 is 23.2 Å². The molecule has 9 heteroatoms. The Balaban J connectivity index is 1.51. The van der Waals surface area contributed by atoms with Gasteiger partial charge in [-0.2, -0.15) is 0 Å². The molecule has 0 aliphatic carbocycles. The molecule has 2 saturated heterocycles. The fourth-order valence-corrected chi connectivity index (χ4v) is 5.19. The van der Waals surface area contributed by atoms with E-state index >= 15 is 0 Å². The predicted octanol–water partition coefficient (Wildman–Crippen LogP) is 3.28. The van der Waals surface area contributed by atoms with Crippen molar-refractivity contribution < 1.29 is 17.9 Å². The number of benzene rings is 1. The Bertz CT molecular complexity index is 774. The predicted molar refractivity (Wildman–Crippen MR) is 112 cm³/mol. The molecule has 2 heterocycles. The number of rotatable bonds is 6. The second-order valence-electron chi connectivity index (χ2n) is 7.68. The maximum atomic E-state index is 11.7. The summed E-state index contributed by atoms with van der Waals surface area (Å²) < 4.78 is 36.8. The van der Waals surface area contributed by atoms with Crippen LogP contribution in [-0.2, 0) is 14.8 Å². The molecule has 2 fully saturated rings. The lowest BCUT2D eigenvalue weighted by Crippen LogP contribution is -2.54. The molecule has 1 aromatic rings. The first-order valence-corrected chi connectivity index (χ1v) is 12.1. The fraction of sp³-hybridized carbons (Fsp3) is 0.684. The number of ether oxygens (including phenoxy) is 2. The number of hydrogen-bond acceptors (Lipinski definition) is 5. The third-order valence-electron chi connectivity index (χ3n) is 5.94. The summed E-state index contributed by atoms with van der Waals surface area (Å²) in [5.74, 6) is 0.682. The zero-order valence-electron chi connectivity index (χ0n) is 16.4. The summed E-state index contributed by atoms with van der Waals surface area (Å²) in [5.41, 5.74) is -0.323. The van der Waals surface area contributed by atoms with Crippen LogP contribution in [0.25, 0.3) is 0 Å². The number of sulfonamides is 1. The molecule has 6 nitrogen and oxygen atoms in total.